The molecule has 2 aromatic carbocycles. The molecule has 0 saturated heterocycles. The van der Waals surface area contributed by atoms with Crippen molar-refractivity contribution in [1.29, 1.82) is 0 Å². The molecule has 1 atom stereocenters. The van der Waals surface area contributed by atoms with Crippen LogP contribution < -0.4 is 14.8 Å². The molecule has 2 aromatic heterocycles. The molecule has 0 bridgehead atoms. The second-order valence-corrected chi connectivity index (χ2v) is 7.93. The number of aliphatic hydroxyl groups is 1. The molecule has 4 rings (SSSR count). The third-order valence-corrected chi connectivity index (χ3v) is 6.03. The van der Waals surface area contributed by atoms with E-state index in [0.29, 0.717) is 27.5 Å². The van der Waals surface area contributed by atoms with E-state index < -0.39 is 12.0 Å². The molecule has 0 aliphatic carbocycles. The maximum Gasteiger partial charge on any atom is 0.270 e. The van der Waals surface area contributed by atoms with Crippen molar-refractivity contribution < 1.29 is 23.8 Å². The molecule has 1 unspecified atom stereocenters. The fourth-order valence-corrected chi connectivity index (χ4v) is 4.32. The quantitative estimate of drug-likeness (QED) is 0.429. The third-order valence-electron chi connectivity index (χ3n) is 5.02. The van der Waals surface area contributed by atoms with Gasteiger partial charge in [0.2, 0.25) is 0 Å². The molecule has 0 aliphatic heterocycles. The second-order valence-electron chi connectivity index (χ2n) is 7.05. The van der Waals surface area contributed by atoms with Gasteiger partial charge in [-0.15, -0.1) is 11.3 Å². The summed E-state index contributed by atoms with van der Waals surface area (Å²) in [4.78, 5) is 17.1. The Morgan fingerprint density at radius 3 is 2.56 bits per heavy atom. The highest BCUT2D eigenvalue weighted by Crippen LogP contribution is 2.34. The minimum atomic E-state index is -0.963. The number of amides is 1. The van der Waals surface area contributed by atoms with Crippen LogP contribution in [0, 0.1) is 5.82 Å². The van der Waals surface area contributed by atoms with Crippen LogP contribution in [0.2, 0.25) is 0 Å². The number of methoxy groups -OCH3 is 2. The molecule has 6 nitrogen and oxygen atoms in total. The number of carbonyl (C=O) groups is 1. The standard InChI is InChI=1S/C24H21FN2O4S/c1-30-15-9-14(10-16(11-15)31-2)22(28)12-26-24(29)21-8-4-7-20(27-21)18-13-32-23-17(18)5-3-6-19(23)25/h3-11,13,22,28H,12H2,1-2H3,(H,26,29). The van der Waals surface area contributed by atoms with Gasteiger partial charge in [-0.05, 0) is 35.9 Å². The van der Waals surface area contributed by atoms with Crippen molar-refractivity contribution in [3.05, 3.63) is 77.1 Å². The number of aliphatic hydroxyl groups excluding tert-OH is 1. The summed E-state index contributed by atoms with van der Waals surface area (Å²) in [5.41, 5.74) is 2.10. The van der Waals surface area contributed by atoms with Crippen LogP contribution in [0.25, 0.3) is 21.3 Å². The summed E-state index contributed by atoms with van der Waals surface area (Å²) in [6.07, 6.45) is -0.963. The lowest BCUT2D eigenvalue weighted by Gasteiger charge is -2.15. The monoisotopic (exact) mass is 452 g/mol. The first-order chi connectivity index (χ1) is 15.5. The van der Waals surface area contributed by atoms with Crippen molar-refractivity contribution in [1.82, 2.24) is 10.3 Å². The molecule has 8 heteroatoms. The topological polar surface area (TPSA) is 80.7 Å². The van der Waals surface area contributed by atoms with Crippen LogP contribution >= 0.6 is 11.3 Å². The number of nitrogens with one attached hydrogen (secondary N) is 1. The number of nitrogens with zero attached hydrogens (tertiary/aromatic N) is 1. The largest absolute Gasteiger partial charge is 0.497 e. The van der Waals surface area contributed by atoms with Crippen LogP contribution in [0.5, 0.6) is 11.5 Å². The van der Waals surface area contributed by atoms with Crippen molar-refractivity contribution in [3.63, 3.8) is 0 Å². The highest BCUT2D eigenvalue weighted by Gasteiger charge is 2.16. The molecule has 2 heterocycles. The third kappa shape index (κ3) is 4.42. The second kappa shape index (κ2) is 9.33. The molecular weight excluding hydrogens is 431 g/mol. The molecule has 0 fully saturated rings. The Hall–Kier alpha value is -3.49. The molecular formula is C24H21FN2O4S. The van der Waals surface area contributed by atoms with Gasteiger partial charge in [-0.25, -0.2) is 9.37 Å². The van der Waals surface area contributed by atoms with E-state index in [2.05, 4.69) is 10.3 Å². The maximum atomic E-state index is 14.0. The van der Waals surface area contributed by atoms with Crippen LogP contribution in [-0.2, 0) is 0 Å². The fourth-order valence-electron chi connectivity index (χ4n) is 3.35. The lowest BCUT2D eigenvalue weighted by Crippen LogP contribution is -2.29. The van der Waals surface area contributed by atoms with Gasteiger partial charge in [-0.3, -0.25) is 4.79 Å². The van der Waals surface area contributed by atoms with Crippen molar-refractivity contribution in [2.75, 3.05) is 20.8 Å². The van der Waals surface area contributed by atoms with E-state index in [9.17, 15) is 14.3 Å². The fraction of sp³-hybridized carbons (Fsp3) is 0.167. The first kappa shape index (κ1) is 21.7. The maximum absolute atomic E-state index is 14.0. The molecule has 1 amide bonds. The van der Waals surface area contributed by atoms with Gasteiger partial charge in [-0.2, -0.15) is 0 Å². The Morgan fingerprint density at radius 2 is 1.84 bits per heavy atom. The SMILES string of the molecule is COc1cc(OC)cc(C(O)CNC(=O)c2cccc(-c3csc4c(F)cccc34)n2)c1. The van der Waals surface area contributed by atoms with Gasteiger partial charge in [-0.1, -0.05) is 18.2 Å². The molecule has 0 aliphatic rings. The normalized spacial score (nSPS) is 11.9. The minimum absolute atomic E-state index is 0.0202. The highest BCUT2D eigenvalue weighted by atomic mass is 32.1. The van der Waals surface area contributed by atoms with E-state index in [0.717, 1.165) is 10.9 Å². The zero-order valence-electron chi connectivity index (χ0n) is 17.5. The Morgan fingerprint density at radius 1 is 1.12 bits per heavy atom. The number of ether oxygens (including phenoxy) is 2. The highest BCUT2D eigenvalue weighted by molar-refractivity contribution is 7.17. The summed E-state index contributed by atoms with van der Waals surface area (Å²) in [7, 11) is 3.05. The van der Waals surface area contributed by atoms with Crippen molar-refractivity contribution in [3.8, 4) is 22.8 Å². The van der Waals surface area contributed by atoms with Gasteiger partial charge < -0.3 is 19.9 Å². The first-order valence-corrected chi connectivity index (χ1v) is 10.7. The number of fused-ring (bicyclic) bond motifs is 1. The zero-order valence-corrected chi connectivity index (χ0v) is 18.3. The predicted octanol–water partition coefficient (Wildman–Crippen LogP) is 4.58. The number of rotatable bonds is 7. The van der Waals surface area contributed by atoms with Gasteiger partial charge in [0, 0.05) is 28.9 Å². The van der Waals surface area contributed by atoms with Gasteiger partial charge in [0.05, 0.1) is 30.7 Å². The summed E-state index contributed by atoms with van der Waals surface area (Å²) in [6.45, 7) is -0.0202. The number of carbonyl (C=O) groups excluding carboxylic acids is 1. The average Bonchev–Trinajstić information content (AvgIpc) is 3.27. The number of hydrogen-bond donors (Lipinski definition) is 2. The summed E-state index contributed by atoms with van der Waals surface area (Å²) >= 11 is 1.30. The van der Waals surface area contributed by atoms with Crippen LogP contribution in [0.1, 0.15) is 22.2 Å². The number of halogens is 1. The lowest BCUT2D eigenvalue weighted by atomic mass is 10.1. The molecule has 0 saturated carbocycles. The first-order valence-electron chi connectivity index (χ1n) is 9.82. The van der Waals surface area contributed by atoms with Gasteiger partial charge >= 0.3 is 0 Å². The van der Waals surface area contributed by atoms with E-state index in [1.54, 1.807) is 42.5 Å². The van der Waals surface area contributed by atoms with E-state index in [4.69, 9.17) is 9.47 Å². The molecule has 0 radical (unpaired) electrons. The Balaban J connectivity index is 1.50. The van der Waals surface area contributed by atoms with Crippen LogP contribution in [-0.4, -0.2) is 36.8 Å². The number of hydrogen-bond acceptors (Lipinski definition) is 6. The molecule has 2 N–H and O–H groups in total. The summed E-state index contributed by atoms with van der Waals surface area (Å²) < 4.78 is 25.0. The van der Waals surface area contributed by atoms with Crippen LogP contribution in [0.15, 0.2) is 60.0 Å². The average molecular weight is 453 g/mol. The zero-order chi connectivity index (χ0) is 22.7. The smallest absolute Gasteiger partial charge is 0.270 e. The van der Waals surface area contributed by atoms with Crippen LogP contribution in [0.4, 0.5) is 4.39 Å². The summed E-state index contributed by atoms with van der Waals surface area (Å²) in [5.74, 6) is 0.374. The minimum Gasteiger partial charge on any atom is -0.497 e. The predicted molar refractivity (Wildman–Crippen MR) is 122 cm³/mol. The molecule has 0 spiro atoms. The lowest BCUT2D eigenvalue weighted by molar-refractivity contribution is 0.0911. The van der Waals surface area contributed by atoms with E-state index in [1.165, 1.54) is 31.6 Å². The van der Waals surface area contributed by atoms with Crippen molar-refractivity contribution >= 4 is 27.3 Å². The van der Waals surface area contributed by atoms with E-state index >= 15 is 0 Å². The van der Waals surface area contributed by atoms with Crippen molar-refractivity contribution in [2.45, 2.75) is 6.10 Å². The number of benzene rings is 2. The van der Waals surface area contributed by atoms with Crippen molar-refractivity contribution in [2.24, 2.45) is 0 Å². The van der Waals surface area contributed by atoms with E-state index in [-0.39, 0.29) is 18.1 Å². The molecule has 32 heavy (non-hydrogen) atoms. The Kier molecular flexibility index (Phi) is 6.34. The summed E-state index contributed by atoms with van der Waals surface area (Å²) in [6, 6.07) is 15.1. The van der Waals surface area contributed by atoms with Crippen LogP contribution in [0.3, 0.4) is 0 Å². The molecule has 4 aromatic rings. The number of pyridine rings is 1. The number of thiophene rings is 1. The Labute approximate surface area is 188 Å². The van der Waals surface area contributed by atoms with Gasteiger partial charge in [0.1, 0.15) is 23.0 Å². The van der Waals surface area contributed by atoms with E-state index in [1.807, 2.05) is 11.4 Å². The van der Waals surface area contributed by atoms with Gasteiger partial charge in [0.25, 0.3) is 5.91 Å². The van der Waals surface area contributed by atoms with Gasteiger partial charge in [0.15, 0.2) is 0 Å². The Bertz CT molecular complexity index is 1250. The molecule has 164 valence electrons. The summed E-state index contributed by atoms with van der Waals surface area (Å²) in [5, 5.41) is 15.8. The number of aromatic nitrogens is 1.